The molecular formula is C16H15NOS. The van der Waals surface area contributed by atoms with Gasteiger partial charge in [0, 0.05) is 11.5 Å². The summed E-state index contributed by atoms with van der Waals surface area (Å²) in [5.41, 5.74) is 1.95. The predicted molar refractivity (Wildman–Crippen MR) is 79.3 cm³/mol. The Morgan fingerprint density at radius 3 is 2.42 bits per heavy atom. The van der Waals surface area contributed by atoms with Crippen LogP contribution >= 0.6 is 11.8 Å². The lowest BCUT2D eigenvalue weighted by Gasteiger charge is -2.05. The lowest BCUT2D eigenvalue weighted by atomic mass is 10.2. The largest absolute Gasteiger partial charge is 0.493 e. The minimum absolute atomic E-state index is 0.709. The Bertz CT molecular complexity index is 531. The van der Waals surface area contributed by atoms with E-state index >= 15 is 0 Å². The van der Waals surface area contributed by atoms with Crippen LogP contribution < -0.4 is 4.74 Å². The van der Waals surface area contributed by atoms with Gasteiger partial charge in [0.15, 0.2) is 0 Å². The van der Waals surface area contributed by atoms with E-state index in [0.717, 1.165) is 17.3 Å². The highest BCUT2D eigenvalue weighted by atomic mass is 32.2. The SMILES string of the molecule is N#Cc1ccc(CSCCOc2ccccc2)cc1. The number of rotatable bonds is 6. The number of hydrogen-bond acceptors (Lipinski definition) is 3. The monoisotopic (exact) mass is 269 g/mol. The molecule has 0 aliphatic rings. The Hall–Kier alpha value is -1.92. The van der Waals surface area contributed by atoms with Gasteiger partial charge < -0.3 is 4.74 Å². The van der Waals surface area contributed by atoms with E-state index in [2.05, 4.69) is 6.07 Å². The van der Waals surface area contributed by atoms with Crippen molar-refractivity contribution in [2.75, 3.05) is 12.4 Å². The highest BCUT2D eigenvalue weighted by Gasteiger charge is 1.96. The van der Waals surface area contributed by atoms with E-state index in [1.165, 1.54) is 5.56 Å². The molecule has 0 aliphatic heterocycles. The molecule has 0 fully saturated rings. The molecule has 0 saturated carbocycles. The average molecular weight is 269 g/mol. The summed E-state index contributed by atoms with van der Waals surface area (Å²) in [5, 5.41) is 8.71. The number of nitrogens with zero attached hydrogens (tertiary/aromatic N) is 1. The smallest absolute Gasteiger partial charge is 0.119 e. The molecule has 0 bridgehead atoms. The van der Waals surface area contributed by atoms with Crippen LogP contribution in [-0.4, -0.2) is 12.4 Å². The molecule has 2 aromatic carbocycles. The van der Waals surface area contributed by atoms with E-state index in [-0.39, 0.29) is 0 Å². The average Bonchev–Trinajstić information content (AvgIpc) is 2.49. The number of nitriles is 1. The van der Waals surface area contributed by atoms with Crippen LogP contribution in [0.4, 0.5) is 0 Å². The normalized spacial score (nSPS) is 9.84. The van der Waals surface area contributed by atoms with Gasteiger partial charge in [0.2, 0.25) is 0 Å². The van der Waals surface area contributed by atoms with E-state index in [9.17, 15) is 0 Å². The summed E-state index contributed by atoms with van der Waals surface area (Å²) < 4.78 is 5.62. The molecular weight excluding hydrogens is 254 g/mol. The lowest BCUT2D eigenvalue weighted by molar-refractivity contribution is 0.344. The fourth-order valence-electron chi connectivity index (χ4n) is 1.60. The summed E-state index contributed by atoms with van der Waals surface area (Å²) in [6, 6.07) is 19.7. The molecule has 0 unspecified atom stereocenters. The summed E-state index contributed by atoms with van der Waals surface area (Å²) >= 11 is 1.83. The van der Waals surface area contributed by atoms with Crippen molar-refractivity contribution in [2.24, 2.45) is 0 Å². The molecule has 0 aromatic heterocycles. The van der Waals surface area contributed by atoms with Crippen LogP contribution in [0.15, 0.2) is 54.6 Å². The molecule has 0 N–H and O–H groups in total. The van der Waals surface area contributed by atoms with Gasteiger partial charge in [-0.1, -0.05) is 30.3 Å². The first-order valence-electron chi connectivity index (χ1n) is 6.13. The molecule has 0 radical (unpaired) electrons. The Morgan fingerprint density at radius 2 is 1.74 bits per heavy atom. The highest BCUT2D eigenvalue weighted by Crippen LogP contribution is 2.14. The standard InChI is InChI=1S/C16H15NOS/c17-12-14-6-8-15(9-7-14)13-19-11-10-18-16-4-2-1-3-5-16/h1-9H,10-11,13H2. The fraction of sp³-hybridized carbons (Fsp3) is 0.188. The second-order valence-electron chi connectivity index (χ2n) is 4.02. The molecule has 3 heteroatoms. The molecule has 2 rings (SSSR count). The van der Waals surface area contributed by atoms with E-state index in [4.69, 9.17) is 10.00 Å². The van der Waals surface area contributed by atoms with Crippen molar-refractivity contribution in [2.45, 2.75) is 5.75 Å². The van der Waals surface area contributed by atoms with E-state index < -0.39 is 0 Å². The van der Waals surface area contributed by atoms with Gasteiger partial charge in [0.1, 0.15) is 5.75 Å². The van der Waals surface area contributed by atoms with Gasteiger partial charge in [-0.25, -0.2) is 0 Å². The third kappa shape index (κ3) is 4.69. The zero-order valence-electron chi connectivity index (χ0n) is 10.6. The zero-order chi connectivity index (χ0) is 13.3. The van der Waals surface area contributed by atoms with Crippen LogP contribution in [0, 0.1) is 11.3 Å². The maximum absolute atomic E-state index is 8.71. The van der Waals surface area contributed by atoms with Crippen LogP contribution in [0.5, 0.6) is 5.75 Å². The second-order valence-corrected chi connectivity index (χ2v) is 5.13. The molecule has 2 nitrogen and oxygen atoms in total. The predicted octanol–water partition coefficient (Wildman–Crippen LogP) is 3.87. The molecule has 2 aromatic rings. The number of hydrogen-bond donors (Lipinski definition) is 0. The van der Waals surface area contributed by atoms with Gasteiger partial charge in [0.25, 0.3) is 0 Å². The van der Waals surface area contributed by atoms with Gasteiger partial charge in [0.05, 0.1) is 18.2 Å². The molecule has 0 saturated heterocycles. The van der Waals surface area contributed by atoms with Crippen molar-refractivity contribution in [1.82, 2.24) is 0 Å². The van der Waals surface area contributed by atoms with Crippen LogP contribution in [-0.2, 0) is 5.75 Å². The Kier molecular flexibility index (Phi) is 5.33. The molecule has 0 aliphatic carbocycles. The summed E-state index contributed by atoms with van der Waals surface area (Å²) in [7, 11) is 0. The summed E-state index contributed by atoms with van der Waals surface area (Å²) in [5.74, 6) is 2.82. The highest BCUT2D eigenvalue weighted by molar-refractivity contribution is 7.98. The van der Waals surface area contributed by atoms with Gasteiger partial charge >= 0.3 is 0 Å². The van der Waals surface area contributed by atoms with Crippen molar-refractivity contribution < 1.29 is 4.74 Å². The first-order valence-corrected chi connectivity index (χ1v) is 7.28. The Morgan fingerprint density at radius 1 is 1.00 bits per heavy atom. The maximum atomic E-state index is 8.71. The third-order valence-electron chi connectivity index (χ3n) is 2.59. The topological polar surface area (TPSA) is 33.0 Å². The fourth-order valence-corrected chi connectivity index (χ4v) is 2.37. The van der Waals surface area contributed by atoms with Crippen molar-refractivity contribution in [3.8, 4) is 11.8 Å². The first-order chi connectivity index (χ1) is 9.38. The Balaban J connectivity index is 1.65. The number of thioether (sulfide) groups is 1. The van der Waals surface area contributed by atoms with E-state index in [0.29, 0.717) is 12.2 Å². The molecule has 0 heterocycles. The molecule has 0 amide bonds. The van der Waals surface area contributed by atoms with Crippen molar-refractivity contribution >= 4 is 11.8 Å². The van der Waals surface area contributed by atoms with Gasteiger partial charge in [-0.15, -0.1) is 0 Å². The van der Waals surface area contributed by atoms with Crippen LogP contribution in [0.25, 0.3) is 0 Å². The third-order valence-corrected chi connectivity index (χ3v) is 3.58. The summed E-state index contributed by atoms with van der Waals surface area (Å²) in [6.07, 6.45) is 0. The van der Waals surface area contributed by atoms with Crippen molar-refractivity contribution in [3.05, 3.63) is 65.7 Å². The van der Waals surface area contributed by atoms with Crippen molar-refractivity contribution in [1.29, 1.82) is 5.26 Å². The molecule has 96 valence electrons. The zero-order valence-corrected chi connectivity index (χ0v) is 11.4. The molecule has 19 heavy (non-hydrogen) atoms. The molecule has 0 atom stereocenters. The lowest BCUT2D eigenvalue weighted by Crippen LogP contribution is -2.00. The number of ether oxygens (including phenoxy) is 1. The molecule has 0 spiro atoms. The van der Waals surface area contributed by atoms with Crippen LogP contribution in [0.2, 0.25) is 0 Å². The maximum Gasteiger partial charge on any atom is 0.119 e. The van der Waals surface area contributed by atoms with Gasteiger partial charge in [-0.3, -0.25) is 0 Å². The quantitative estimate of drug-likeness (QED) is 0.746. The van der Waals surface area contributed by atoms with E-state index in [1.807, 2.05) is 66.4 Å². The number of para-hydroxylation sites is 1. The van der Waals surface area contributed by atoms with Gasteiger partial charge in [-0.2, -0.15) is 17.0 Å². The van der Waals surface area contributed by atoms with E-state index in [1.54, 1.807) is 0 Å². The minimum atomic E-state index is 0.709. The van der Waals surface area contributed by atoms with Gasteiger partial charge in [-0.05, 0) is 29.8 Å². The second kappa shape index (κ2) is 7.50. The number of benzene rings is 2. The summed E-state index contributed by atoms with van der Waals surface area (Å²) in [4.78, 5) is 0. The van der Waals surface area contributed by atoms with Crippen LogP contribution in [0.3, 0.4) is 0 Å². The summed E-state index contributed by atoms with van der Waals surface area (Å²) in [6.45, 7) is 0.713. The van der Waals surface area contributed by atoms with Crippen LogP contribution in [0.1, 0.15) is 11.1 Å². The Labute approximate surface area is 118 Å². The first kappa shape index (κ1) is 13.5. The minimum Gasteiger partial charge on any atom is -0.493 e. The van der Waals surface area contributed by atoms with Crippen molar-refractivity contribution in [3.63, 3.8) is 0 Å².